The molecule has 102 valence electrons. The van der Waals surface area contributed by atoms with Gasteiger partial charge in [0, 0.05) is 11.1 Å². The van der Waals surface area contributed by atoms with Crippen molar-refractivity contribution in [3.8, 4) is 0 Å². The molecule has 0 bridgehead atoms. The molecule has 0 heterocycles. The first-order valence-corrected chi connectivity index (χ1v) is 6.24. The van der Waals surface area contributed by atoms with Gasteiger partial charge in [-0.1, -0.05) is 11.6 Å². The number of hydrogen-bond donors (Lipinski definition) is 2. The minimum atomic E-state index is -1.01. The van der Waals surface area contributed by atoms with Crippen LogP contribution in [0.3, 0.4) is 0 Å². The van der Waals surface area contributed by atoms with E-state index >= 15 is 0 Å². The van der Waals surface area contributed by atoms with Gasteiger partial charge in [0.15, 0.2) is 0 Å². The Morgan fingerprint density at radius 2 is 2.21 bits per heavy atom. The summed E-state index contributed by atoms with van der Waals surface area (Å²) in [5.74, 6) is -0.278. The van der Waals surface area contributed by atoms with Gasteiger partial charge in [0.25, 0.3) is 5.69 Å². The fraction of sp³-hybridized carbons (Fsp3) is 0.417. The molecule has 1 atom stereocenters. The number of benzene rings is 1. The van der Waals surface area contributed by atoms with E-state index in [4.69, 9.17) is 17.3 Å². The third-order valence-corrected chi connectivity index (χ3v) is 3.55. The molecular weight excluding hydrogens is 270 g/mol. The Morgan fingerprint density at radius 1 is 1.58 bits per heavy atom. The minimum absolute atomic E-state index is 0.108. The maximum absolute atomic E-state index is 12.1. The van der Waals surface area contributed by atoms with Crippen LogP contribution in [0, 0.1) is 16.0 Å². The van der Waals surface area contributed by atoms with Gasteiger partial charge in [-0.2, -0.15) is 0 Å². The summed E-state index contributed by atoms with van der Waals surface area (Å²) < 4.78 is 0. The lowest BCUT2D eigenvalue weighted by Crippen LogP contribution is -2.50. The van der Waals surface area contributed by atoms with E-state index in [-0.39, 0.29) is 22.3 Å². The predicted molar refractivity (Wildman–Crippen MR) is 72.1 cm³/mol. The summed E-state index contributed by atoms with van der Waals surface area (Å²) in [7, 11) is 0. The summed E-state index contributed by atoms with van der Waals surface area (Å²) in [5, 5.41) is 13.7. The smallest absolute Gasteiger partial charge is 0.294 e. The molecule has 7 heteroatoms. The Labute approximate surface area is 115 Å². The number of carbonyl (C=O) groups is 1. The number of rotatable bonds is 4. The quantitative estimate of drug-likeness (QED) is 0.654. The number of amides is 1. The number of carbonyl (C=O) groups excluding carboxylic acids is 1. The van der Waals surface area contributed by atoms with Crippen molar-refractivity contribution in [1.82, 2.24) is 0 Å². The first kappa shape index (κ1) is 13.8. The van der Waals surface area contributed by atoms with Gasteiger partial charge in [-0.3, -0.25) is 14.9 Å². The van der Waals surface area contributed by atoms with Crippen LogP contribution < -0.4 is 11.1 Å². The summed E-state index contributed by atoms with van der Waals surface area (Å²) in [5.41, 5.74) is 4.82. The normalized spacial score (nSPS) is 17.6. The highest BCUT2D eigenvalue weighted by molar-refractivity contribution is 6.31. The first-order valence-electron chi connectivity index (χ1n) is 5.86. The van der Waals surface area contributed by atoms with Gasteiger partial charge < -0.3 is 11.1 Å². The number of nitro groups is 1. The zero-order valence-electron chi connectivity index (χ0n) is 10.4. The number of hydrogen-bond acceptors (Lipinski definition) is 4. The first-order chi connectivity index (χ1) is 8.82. The summed E-state index contributed by atoms with van der Waals surface area (Å²) in [4.78, 5) is 22.4. The highest BCUT2D eigenvalue weighted by atomic mass is 35.5. The van der Waals surface area contributed by atoms with E-state index in [2.05, 4.69) is 5.32 Å². The maximum atomic E-state index is 12.1. The van der Waals surface area contributed by atoms with E-state index in [0.29, 0.717) is 0 Å². The number of nitro benzene ring substituents is 1. The summed E-state index contributed by atoms with van der Waals surface area (Å²) >= 11 is 5.71. The molecule has 0 radical (unpaired) electrons. The SMILES string of the molecule is CC(N)(C(=O)Nc1ccc(Cl)cc1[N+](=O)[O-])C1CC1. The number of nitrogens with two attached hydrogens (primary N) is 1. The van der Waals surface area contributed by atoms with Crippen LogP contribution in [0.2, 0.25) is 5.02 Å². The molecule has 3 N–H and O–H groups in total. The van der Waals surface area contributed by atoms with Gasteiger partial charge in [0.1, 0.15) is 5.69 Å². The Hall–Kier alpha value is -1.66. The average molecular weight is 284 g/mol. The van der Waals surface area contributed by atoms with Crippen molar-refractivity contribution < 1.29 is 9.72 Å². The van der Waals surface area contributed by atoms with Crippen molar-refractivity contribution >= 4 is 28.9 Å². The van der Waals surface area contributed by atoms with Crippen LogP contribution in [0.25, 0.3) is 0 Å². The van der Waals surface area contributed by atoms with Crippen LogP contribution in [-0.2, 0) is 4.79 Å². The molecule has 1 unspecified atom stereocenters. The summed E-state index contributed by atoms with van der Waals surface area (Å²) in [6.07, 6.45) is 1.81. The van der Waals surface area contributed by atoms with E-state index in [0.717, 1.165) is 12.8 Å². The average Bonchev–Trinajstić information content (AvgIpc) is 3.15. The molecule has 1 aromatic carbocycles. The van der Waals surface area contributed by atoms with Gasteiger partial charge in [0.2, 0.25) is 5.91 Å². The second-order valence-electron chi connectivity index (χ2n) is 4.93. The molecule has 0 aliphatic heterocycles. The van der Waals surface area contributed by atoms with Crippen molar-refractivity contribution in [2.24, 2.45) is 11.7 Å². The molecule has 0 saturated heterocycles. The van der Waals surface area contributed by atoms with Gasteiger partial charge in [-0.05, 0) is 37.8 Å². The summed E-state index contributed by atoms with van der Waals surface area (Å²) in [6, 6.07) is 4.08. The Balaban J connectivity index is 2.23. The predicted octanol–water partition coefficient (Wildman–Crippen LogP) is 2.31. The zero-order chi connectivity index (χ0) is 14.2. The molecule has 1 aromatic rings. The highest BCUT2D eigenvalue weighted by Crippen LogP contribution is 2.39. The van der Waals surface area contributed by atoms with Gasteiger partial charge in [-0.15, -0.1) is 0 Å². The third kappa shape index (κ3) is 2.85. The summed E-state index contributed by atoms with van der Waals surface area (Å²) in [6.45, 7) is 1.64. The van der Waals surface area contributed by atoms with Crippen molar-refractivity contribution in [1.29, 1.82) is 0 Å². The number of nitrogens with zero attached hydrogens (tertiary/aromatic N) is 1. The van der Waals surface area contributed by atoms with E-state index in [1.807, 2.05) is 0 Å². The van der Waals surface area contributed by atoms with Gasteiger partial charge in [-0.25, -0.2) is 0 Å². The lowest BCUT2D eigenvalue weighted by atomic mass is 9.96. The fourth-order valence-electron chi connectivity index (χ4n) is 1.89. The molecule has 19 heavy (non-hydrogen) atoms. The number of anilines is 1. The molecule has 2 rings (SSSR count). The van der Waals surface area contributed by atoms with Crippen LogP contribution in [0.4, 0.5) is 11.4 Å². The Kier molecular flexibility index (Phi) is 3.47. The number of halogens is 1. The molecule has 6 nitrogen and oxygen atoms in total. The monoisotopic (exact) mass is 283 g/mol. The minimum Gasteiger partial charge on any atom is -0.319 e. The van der Waals surface area contributed by atoms with E-state index in [9.17, 15) is 14.9 Å². The van der Waals surface area contributed by atoms with Crippen LogP contribution >= 0.6 is 11.6 Å². The molecule has 1 fully saturated rings. The zero-order valence-corrected chi connectivity index (χ0v) is 11.1. The Morgan fingerprint density at radius 3 is 2.74 bits per heavy atom. The van der Waals surface area contributed by atoms with E-state index < -0.39 is 16.4 Å². The van der Waals surface area contributed by atoms with E-state index in [1.54, 1.807) is 6.92 Å². The fourth-order valence-corrected chi connectivity index (χ4v) is 2.05. The second kappa shape index (κ2) is 4.79. The van der Waals surface area contributed by atoms with Crippen LogP contribution in [0.1, 0.15) is 19.8 Å². The molecule has 1 saturated carbocycles. The standard InChI is InChI=1S/C12H14ClN3O3/c1-12(14,7-2-3-7)11(17)15-9-5-4-8(13)6-10(9)16(18)19/h4-7H,2-3,14H2,1H3,(H,15,17). The van der Waals surface area contributed by atoms with Gasteiger partial charge in [0.05, 0.1) is 10.5 Å². The van der Waals surface area contributed by atoms with Crippen molar-refractivity contribution in [2.45, 2.75) is 25.3 Å². The lowest BCUT2D eigenvalue weighted by Gasteiger charge is -2.23. The molecule has 0 aromatic heterocycles. The van der Waals surface area contributed by atoms with Crippen molar-refractivity contribution in [2.75, 3.05) is 5.32 Å². The maximum Gasteiger partial charge on any atom is 0.294 e. The lowest BCUT2D eigenvalue weighted by molar-refractivity contribution is -0.383. The Bertz CT molecular complexity index is 541. The van der Waals surface area contributed by atoms with Crippen molar-refractivity contribution in [3.05, 3.63) is 33.3 Å². The van der Waals surface area contributed by atoms with Crippen LogP contribution in [0.5, 0.6) is 0 Å². The van der Waals surface area contributed by atoms with Gasteiger partial charge >= 0.3 is 0 Å². The van der Waals surface area contributed by atoms with Crippen LogP contribution in [0.15, 0.2) is 18.2 Å². The topological polar surface area (TPSA) is 98.3 Å². The van der Waals surface area contributed by atoms with E-state index in [1.165, 1.54) is 18.2 Å². The molecule has 1 aliphatic rings. The third-order valence-electron chi connectivity index (χ3n) is 3.32. The molecule has 0 spiro atoms. The highest BCUT2D eigenvalue weighted by Gasteiger charge is 2.44. The van der Waals surface area contributed by atoms with Crippen molar-refractivity contribution in [3.63, 3.8) is 0 Å². The molecule has 1 aliphatic carbocycles. The van der Waals surface area contributed by atoms with Crippen LogP contribution in [-0.4, -0.2) is 16.4 Å². The molecule has 1 amide bonds. The second-order valence-corrected chi connectivity index (χ2v) is 5.37. The largest absolute Gasteiger partial charge is 0.319 e. The molecular formula is C12H14ClN3O3. The number of nitrogens with one attached hydrogen (secondary N) is 1.